The van der Waals surface area contributed by atoms with Crippen molar-refractivity contribution >= 4 is 21.4 Å². The molecule has 0 aromatic heterocycles. The number of hydrogen-bond acceptors (Lipinski definition) is 5. The molecule has 118 valence electrons. The van der Waals surface area contributed by atoms with E-state index in [4.69, 9.17) is 5.73 Å². The van der Waals surface area contributed by atoms with E-state index in [-0.39, 0.29) is 11.0 Å². The highest BCUT2D eigenvalue weighted by atomic mass is 32.2. The largest absolute Gasteiger partial charge is 0.397 e. The first-order valence-corrected chi connectivity index (χ1v) is 8.65. The van der Waals surface area contributed by atoms with Crippen LogP contribution in [0.1, 0.15) is 25.7 Å². The Labute approximate surface area is 125 Å². The Morgan fingerprint density at radius 3 is 2.57 bits per heavy atom. The summed E-state index contributed by atoms with van der Waals surface area (Å²) in [5.74, 6) is 0.484. The van der Waals surface area contributed by atoms with Gasteiger partial charge >= 0.3 is 0 Å². The van der Waals surface area contributed by atoms with Gasteiger partial charge in [-0.25, -0.2) is 13.1 Å². The summed E-state index contributed by atoms with van der Waals surface area (Å²) in [5.41, 5.74) is 7.06. The number of sulfonamides is 1. The Kier molecular flexibility index (Phi) is 5.08. The third-order valence-corrected chi connectivity index (χ3v) is 5.41. The van der Waals surface area contributed by atoms with E-state index < -0.39 is 10.0 Å². The molecule has 0 heterocycles. The van der Waals surface area contributed by atoms with Crippen molar-refractivity contribution in [1.29, 1.82) is 0 Å². The Morgan fingerprint density at radius 1 is 1.29 bits per heavy atom. The van der Waals surface area contributed by atoms with E-state index in [2.05, 4.69) is 10.0 Å². The van der Waals surface area contributed by atoms with Crippen LogP contribution in [0.4, 0.5) is 11.4 Å². The number of nitrogens with two attached hydrogens (primary N) is 1. The fourth-order valence-corrected chi connectivity index (χ4v) is 3.33. The molecule has 2 rings (SSSR count). The lowest BCUT2D eigenvalue weighted by Gasteiger charge is -2.26. The molecule has 1 aliphatic carbocycles. The van der Waals surface area contributed by atoms with Gasteiger partial charge in [-0.3, -0.25) is 0 Å². The number of benzene rings is 1. The van der Waals surface area contributed by atoms with Crippen molar-refractivity contribution in [2.75, 3.05) is 24.6 Å². The fraction of sp³-hybridized carbons (Fsp3) is 0.571. The number of nitrogen functional groups attached to an aromatic ring is 1. The van der Waals surface area contributed by atoms with E-state index in [0.29, 0.717) is 17.3 Å². The molecule has 7 heteroatoms. The standard InChI is InChI=1S/C14H23N3O3S/c1-16-21(19,20)12-6-7-13(15)14(8-12)17-9-10-2-4-11(18)5-3-10/h6-8,10-11,16-18H,2-5,9,15H2,1H3. The second-order valence-corrected chi connectivity index (χ2v) is 7.40. The lowest BCUT2D eigenvalue weighted by atomic mass is 9.87. The van der Waals surface area contributed by atoms with Gasteiger partial charge < -0.3 is 16.2 Å². The summed E-state index contributed by atoms with van der Waals surface area (Å²) in [4.78, 5) is 0.195. The highest BCUT2D eigenvalue weighted by Crippen LogP contribution is 2.27. The number of aliphatic hydroxyl groups is 1. The highest BCUT2D eigenvalue weighted by Gasteiger charge is 2.19. The minimum atomic E-state index is -3.47. The molecule has 5 N–H and O–H groups in total. The summed E-state index contributed by atoms with van der Waals surface area (Å²) in [7, 11) is -2.09. The van der Waals surface area contributed by atoms with Crippen LogP contribution in [0.15, 0.2) is 23.1 Å². The second kappa shape index (κ2) is 6.64. The van der Waals surface area contributed by atoms with Crippen LogP contribution < -0.4 is 15.8 Å². The lowest BCUT2D eigenvalue weighted by molar-refractivity contribution is 0.111. The maximum absolute atomic E-state index is 11.8. The topological polar surface area (TPSA) is 104 Å². The number of rotatable bonds is 5. The van der Waals surface area contributed by atoms with E-state index >= 15 is 0 Å². The number of nitrogens with one attached hydrogen (secondary N) is 2. The zero-order chi connectivity index (χ0) is 15.5. The predicted molar refractivity (Wildman–Crippen MR) is 83.6 cm³/mol. The SMILES string of the molecule is CNS(=O)(=O)c1ccc(N)c(NCC2CCC(O)CC2)c1. The van der Waals surface area contributed by atoms with Gasteiger partial charge in [0.2, 0.25) is 10.0 Å². The van der Waals surface area contributed by atoms with Gasteiger partial charge in [0.25, 0.3) is 0 Å². The van der Waals surface area contributed by atoms with Gasteiger partial charge in [0.15, 0.2) is 0 Å². The van der Waals surface area contributed by atoms with Crippen LogP contribution in [0.2, 0.25) is 0 Å². The van der Waals surface area contributed by atoms with Crippen LogP contribution in [-0.2, 0) is 10.0 Å². The van der Waals surface area contributed by atoms with Crippen LogP contribution in [0.25, 0.3) is 0 Å². The second-order valence-electron chi connectivity index (χ2n) is 5.51. The van der Waals surface area contributed by atoms with E-state index in [1.807, 2.05) is 0 Å². The number of hydrogen-bond donors (Lipinski definition) is 4. The predicted octanol–water partition coefficient (Wildman–Crippen LogP) is 1.14. The summed E-state index contributed by atoms with van der Waals surface area (Å²) in [6.45, 7) is 0.736. The van der Waals surface area contributed by atoms with Crippen LogP contribution in [-0.4, -0.2) is 33.2 Å². The third-order valence-electron chi connectivity index (χ3n) is 4.00. The summed E-state index contributed by atoms with van der Waals surface area (Å²) in [6.07, 6.45) is 3.44. The average Bonchev–Trinajstić information content (AvgIpc) is 2.48. The molecule has 0 radical (unpaired) electrons. The zero-order valence-electron chi connectivity index (χ0n) is 12.2. The average molecular weight is 313 g/mol. The van der Waals surface area contributed by atoms with Crippen LogP contribution in [0.3, 0.4) is 0 Å². The first kappa shape index (κ1) is 16.1. The molecular weight excluding hydrogens is 290 g/mol. The van der Waals surface area contributed by atoms with Crippen molar-refractivity contribution < 1.29 is 13.5 Å². The smallest absolute Gasteiger partial charge is 0.240 e. The molecule has 0 bridgehead atoms. The molecule has 0 atom stereocenters. The van der Waals surface area contributed by atoms with Crippen LogP contribution in [0.5, 0.6) is 0 Å². The molecule has 1 saturated carbocycles. The lowest BCUT2D eigenvalue weighted by Crippen LogP contribution is -2.24. The Hall–Kier alpha value is -1.31. The van der Waals surface area contributed by atoms with E-state index in [0.717, 1.165) is 32.2 Å². The first-order chi connectivity index (χ1) is 9.92. The maximum Gasteiger partial charge on any atom is 0.240 e. The quantitative estimate of drug-likeness (QED) is 0.610. The van der Waals surface area contributed by atoms with Crippen molar-refractivity contribution in [2.24, 2.45) is 5.92 Å². The van der Waals surface area contributed by atoms with Crippen LogP contribution >= 0.6 is 0 Å². The van der Waals surface area contributed by atoms with E-state index in [1.165, 1.54) is 13.1 Å². The summed E-state index contributed by atoms with van der Waals surface area (Å²) in [5, 5.41) is 12.7. The molecule has 6 nitrogen and oxygen atoms in total. The molecule has 1 aliphatic rings. The van der Waals surface area contributed by atoms with Gasteiger partial charge in [0, 0.05) is 6.54 Å². The van der Waals surface area contributed by atoms with Crippen molar-refractivity contribution in [3.63, 3.8) is 0 Å². The minimum Gasteiger partial charge on any atom is -0.397 e. The summed E-state index contributed by atoms with van der Waals surface area (Å²) >= 11 is 0. The first-order valence-electron chi connectivity index (χ1n) is 7.17. The fourth-order valence-electron chi connectivity index (χ4n) is 2.58. The molecule has 0 saturated heterocycles. The molecule has 1 aromatic rings. The normalized spacial score (nSPS) is 23.0. The minimum absolute atomic E-state index is 0.171. The van der Waals surface area contributed by atoms with E-state index in [9.17, 15) is 13.5 Å². The molecule has 0 amide bonds. The van der Waals surface area contributed by atoms with Crippen molar-refractivity contribution in [3.05, 3.63) is 18.2 Å². The van der Waals surface area contributed by atoms with Crippen molar-refractivity contribution in [1.82, 2.24) is 4.72 Å². The third kappa shape index (κ3) is 4.09. The van der Waals surface area contributed by atoms with Crippen LogP contribution in [0, 0.1) is 5.92 Å². The van der Waals surface area contributed by atoms with Crippen molar-refractivity contribution in [2.45, 2.75) is 36.7 Å². The Bertz CT molecular complexity index is 581. The summed E-state index contributed by atoms with van der Waals surface area (Å²) in [6, 6.07) is 4.64. The van der Waals surface area contributed by atoms with Crippen molar-refractivity contribution in [3.8, 4) is 0 Å². The molecule has 1 fully saturated rings. The zero-order valence-corrected chi connectivity index (χ0v) is 13.0. The van der Waals surface area contributed by atoms with Gasteiger partial charge in [-0.15, -0.1) is 0 Å². The summed E-state index contributed by atoms with van der Waals surface area (Å²) < 4.78 is 25.9. The maximum atomic E-state index is 11.8. The monoisotopic (exact) mass is 313 g/mol. The van der Waals surface area contributed by atoms with E-state index in [1.54, 1.807) is 12.1 Å². The number of aliphatic hydroxyl groups excluding tert-OH is 1. The molecule has 0 unspecified atom stereocenters. The number of anilines is 2. The molecule has 0 aliphatic heterocycles. The Morgan fingerprint density at radius 2 is 1.95 bits per heavy atom. The Balaban J connectivity index is 2.04. The van der Waals surface area contributed by atoms with Gasteiger partial charge in [-0.1, -0.05) is 0 Å². The molecule has 0 spiro atoms. The molecule has 1 aromatic carbocycles. The highest BCUT2D eigenvalue weighted by molar-refractivity contribution is 7.89. The van der Waals surface area contributed by atoms with Gasteiger partial charge in [-0.2, -0.15) is 0 Å². The van der Waals surface area contributed by atoms with Gasteiger partial charge in [0.1, 0.15) is 0 Å². The molecular formula is C14H23N3O3S. The van der Waals surface area contributed by atoms with Gasteiger partial charge in [0.05, 0.1) is 22.4 Å². The molecule has 21 heavy (non-hydrogen) atoms. The van der Waals surface area contributed by atoms with Gasteiger partial charge in [-0.05, 0) is 56.8 Å².